The van der Waals surface area contributed by atoms with Gasteiger partial charge in [0.1, 0.15) is 0 Å². The maximum Gasteiger partial charge on any atom is 0.264 e. The number of nitrogens with zero attached hydrogens (tertiary/aromatic N) is 1. The maximum absolute atomic E-state index is 12.5. The minimum Gasteiger partial charge on any atom is -0.479 e. The van der Waals surface area contributed by atoms with Crippen molar-refractivity contribution in [2.45, 2.75) is 19.8 Å². The van der Waals surface area contributed by atoms with Crippen LogP contribution in [-0.4, -0.2) is 30.5 Å². The van der Waals surface area contributed by atoms with Gasteiger partial charge in [-0.05, 0) is 48.6 Å². The van der Waals surface area contributed by atoms with Crippen molar-refractivity contribution in [3.05, 3.63) is 63.9 Å². The Hall–Kier alpha value is -3.61. The molecule has 0 unspecified atom stereocenters. The molecule has 7 nitrogen and oxygen atoms in total. The summed E-state index contributed by atoms with van der Waals surface area (Å²) in [6, 6.07) is 12.9. The third kappa shape index (κ3) is 3.71. The monoisotopic (exact) mass is 391 g/mol. The van der Waals surface area contributed by atoms with Gasteiger partial charge in [-0.3, -0.25) is 14.4 Å². The zero-order valence-electron chi connectivity index (χ0n) is 16.2. The van der Waals surface area contributed by atoms with Crippen LogP contribution in [0.5, 0.6) is 5.75 Å². The molecule has 0 saturated heterocycles. The summed E-state index contributed by atoms with van der Waals surface area (Å²) in [6.45, 7) is 1.90. The van der Waals surface area contributed by atoms with E-state index in [4.69, 9.17) is 4.74 Å². The first-order valence-electron chi connectivity index (χ1n) is 9.37. The summed E-state index contributed by atoms with van der Waals surface area (Å²) in [5.41, 5.74) is 3.36. The summed E-state index contributed by atoms with van der Waals surface area (Å²) in [5, 5.41) is 3.76. The van der Waals surface area contributed by atoms with Gasteiger partial charge < -0.3 is 19.9 Å². The fraction of sp³-hybridized carbons (Fsp3) is 0.227. The van der Waals surface area contributed by atoms with Crippen LogP contribution in [0, 0.1) is 6.92 Å². The van der Waals surface area contributed by atoms with E-state index in [0.717, 1.165) is 16.5 Å². The van der Waals surface area contributed by atoms with Crippen LogP contribution in [0.3, 0.4) is 0 Å². The first kappa shape index (κ1) is 18.7. The predicted octanol–water partition coefficient (Wildman–Crippen LogP) is 2.76. The molecular formula is C22H21N3O4. The van der Waals surface area contributed by atoms with Gasteiger partial charge in [0.05, 0.1) is 11.4 Å². The molecule has 1 aliphatic heterocycles. The van der Waals surface area contributed by atoms with Gasteiger partial charge in [0, 0.05) is 24.5 Å². The van der Waals surface area contributed by atoms with Crippen molar-refractivity contribution >= 4 is 34.1 Å². The lowest BCUT2D eigenvalue weighted by atomic mass is 10.1. The number of para-hydroxylation sites is 1. The molecule has 1 aliphatic rings. The number of pyridine rings is 1. The average molecular weight is 391 g/mol. The van der Waals surface area contributed by atoms with E-state index in [0.29, 0.717) is 29.1 Å². The summed E-state index contributed by atoms with van der Waals surface area (Å²) in [4.78, 5) is 41.0. The molecule has 29 heavy (non-hydrogen) atoms. The van der Waals surface area contributed by atoms with E-state index < -0.39 is 0 Å². The van der Waals surface area contributed by atoms with E-state index in [-0.39, 0.29) is 30.4 Å². The smallest absolute Gasteiger partial charge is 0.264 e. The van der Waals surface area contributed by atoms with Gasteiger partial charge in [-0.15, -0.1) is 0 Å². The van der Waals surface area contributed by atoms with Crippen LogP contribution in [0.2, 0.25) is 0 Å². The summed E-state index contributed by atoms with van der Waals surface area (Å²) in [5.74, 6) is 0.0959. The second-order valence-corrected chi connectivity index (χ2v) is 7.16. The molecule has 0 atom stereocenters. The highest BCUT2D eigenvalue weighted by Crippen LogP contribution is 2.38. The molecule has 1 aromatic heterocycles. The van der Waals surface area contributed by atoms with Crippen molar-refractivity contribution in [1.29, 1.82) is 0 Å². The zero-order valence-corrected chi connectivity index (χ0v) is 16.2. The van der Waals surface area contributed by atoms with Crippen molar-refractivity contribution in [3.63, 3.8) is 0 Å². The number of hydrogen-bond acceptors (Lipinski definition) is 4. The minimum absolute atomic E-state index is 0.0671. The van der Waals surface area contributed by atoms with Gasteiger partial charge in [0.15, 0.2) is 12.4 Å². The molecule has 0 fully saturated rings. The lowest BCUT2D eigenvalue weighted by Crippen LogP contribution is -2.35. The number of aromatic nitrogens is 1. The van der Waals surface area contributed by atoms with Gasteiger partial charge in [-0.25, -0.2) is 0 Å². The van der Waals surface area contributed by atoms with Crippen LogP contribution in [0.1, 0.15) is 17.5 Å². The summed E-state index contributed by atoms with van der Waals surface area (Å²) < 4.78 is 5.52. The number of benzene rings is 2. The second-order valence-electron chi connectivity index (χ2n) is 7.16. The number of amides is 2. The van der Waals surface area contributed by atoms with E-state index >= 15 is 0 Å². The number of aromatic amines is 1. The first-order valence-corrected chi connectivity index (χ1v) is 9.37. The summed E-state index contributed by atoms with van der Waals surface area (Å²) >= 11 is 0. The van der Waals surface area contributed by atoms with Crippen LogP contribution in [0.15, 0.2) is 47.3 Å². The number of rotatable bonds is 4. The van der Waals surface area contributed by atoms with Crippen molar-refractivity contribution in [1.82, 2.24) is 4.98 Å². The lowest BCUT2D eigenvalue weighted by Gasteiger charge is -2.27. The van der Waals surface area contributed by atoms with E-state index in [9.17, 15) is 14.4 Å². The Morgan fingerprint density at radius 3 is 2.86 bits per heavy atom. The third-order valence-electron chi connectivity index (χ3n) is 5.04. The van der Waals surface area contributed by atoms with Crippen LogP contribution in [0.25, 0.3) is 10.9 Å². The van der Waals surface area contributed by atoms with Gasteiger partial charge in [0.25, 0.3) is 11.5 Å². The van der Waals surface area contributed by atoms with E-state index in [1.165, 1.54) is 4.90 Å². The molecule has 2 N–H and O–H groups in total. The molecule has 0 saturated carbocycles. The summed E-state index contributed by atoms with van der Waals surface area (Å²) in [7, 11) is 1.67. The Labute approximate surface area is 167 Å². The highest BCUT2D eigenvalue weighted by molar-refractivity contribution is 6.01. The first-order chi connectivity index (χ1) is 13.9. The standard InChI is InChI=1S/C22H21N3O4/c1-13-6-7-14-11-15(22(28)24-17(14)10-13)8-9-19(26)23-16-4-3-5-18-21(16)29-12-20(27)25(18)2/h3-7,10-11H,8-9,12H2,1-2H3,(H,23,26)(H,24,28). The Morgan fingerprint density at radius 2 is 2.03 bits per heavy atom. The van der Waals surface area contributed by atoms with Crippen molar-refractivity contribution in [2.75, 3.05) is 23.9 Å². The highest BCUT2D eigenvalue weighted by atomic mass is 16.5. The van der Waals surface area contributed by atoms with Crippen LogP contribution < -0.4 is 20.5 Å². The lowest BCUT2D eigenvalue weighted by molar-refractivity contribution is -0.121. The van der Waals surface area contributed by atoms with Gasteiger partial charge in [-0.2, -0.15) is 0 Å². The topological polar surface area (TPSA) is 91.5 Å². The number of carbonyl (C=O) groups is 2. The molecule has 2 amide bonds. The predicted molar refractivity (Wildman–Crippen MR) is 112 cm³/mol. The molecule has 2 aromatic carbocycles. The molecule has 0 bridgehead atoms. The molecule has 148 valence electrons. The molecular weight excluding hydrogens is 370 g/mol. The average Bonchev–Trinajstić information content (AvgIpc) is 2.69. The molecule has 7 heteroatoms. The van der Waals surface area contributed by atoms with Gasteiger partial charge in [0.2, 0.25) is 5.91 Å². The molecule has 3 aromatic rings. The van der Waals surface area contributed by atoms with E-state index in [2.05, 4.69) is 10.3 Å². The SMILES string of the molecule is Cc1ccc2cc(CCC(=O)Nc3cccc4c3OCC(=O)N4C)c(=O)[nH]c2c1. The fourth-order valence-corrected chi connectivity index (χ4v) is 3.41. The van der Waals surface area contributed by atoms with Crippen LogP contribution >= 0.6 is 0 Å². The van der Waals surface area contributed by atoms with Gasteiger partial charge >= 0.3 is 0 Å². The Balaban J connectivity index is 1.48. The number of fused-ring (bicyclic) bond motifs is 2. The summed E-state index contributed by atoms with van der Waals surface area (Å²) in [6.07, 6.45) is 0.470. The van der Waals surface area contributed by atoms with E-state index in [1.54, 1.807) is 25.2 Å². The number of anilines is 2. The quantitative estimate of drug-likeness (QED) is 0.715. The largest absolute Gasteiger partial charge is 0.479 e. The number of H-pyrrole nitrogens is 1. The molecule has 0 spiro atoms. The molecule has 2 heterocycles. The number of nitrogens with one attached hydrogen (secondary N) is 2. The van der Waals surface area contributed by atoms with Crippen LogP contribution in [0.4, 0.5) is 11.4 Å². The van der Waals surface area contributed by atoms with Crippen molar-refractivity contribution in [2.24, 2.45) is 0 Å². The van der Waals surface area contributed by atoms with Crippen molar-refractivity contribution in [3.8, 4) is 5.75 Å². The molecule has 4 rings (SSSR count). The minimum atomic E-state index is -0.232. The fourth-order valence-electron chi connectivity index (χ4n) is 3.41. The normalized spacial score (nSPS) is 13.2. The van der Waals surface area contributed by atoms with Crippen molar-refractivity contribution < 1.29 is 14.3 Å². The van der Waals surface area contributed by atoms with Gasteiger partial charge in [-0.1, -0.05) is 18.2 Å². The Morgan fingerprint density at radius 1 is 1.21 bits per heavy atom. The Kier molecular flexibility index (Phi) is 4.80. The zero-order chi connectivity index (χ0) is 20.5. The highest BCUT2D eigenvalue weighted by Gasteiger charge is 2.25. The number of carbonyl (C=O) groups excluding carboxylic acids is 2. The second kappa shape index (κ2) is 7.43. The van der Waals surface area contributed by atoms with E-state index in [1.807, 2.05) is 31.2 Å². The number of hydrogen-bond donors (Lipinski definition) is 2. The molecule has 0 radical (unpaired) electrons. The number of likely N-dealkylation sites (N-methyl/N-ethyl adjacent to an activating group) is 1. The maximum atomic E-state index is 12.5. The van der Waals surface area contributed by atoms with Crippen LogP contribution in [-0.2, 0) is 16.0 Å². The molecule has 0 aliphatic carbocycles. The number of aryl methyl sites for hydroxylation is 2. The Bertz CT molecular complexity index is 1180. The number of ether oxygens (including phenoxy) is 1. The third-order valence-corrected chi connectivity index (χ3v) is 5.04.